The van der Waals surface area contributed by atoms with Crippen molar-refractivity contribution in [2.45, 2.75) is 44.1 Å². The van der Waals surface area contributed by atoms with E-state index < -0.39 is 18.7 Å². The van der Waals surface area contributed by atoms with E-state index in [-0.39, 0.29) is 36.8 Å². The van der Waals surface area contributed by atoms with Gasteiger partial charge in [0, 0.05) is 25.4 Å². The van der Waals surface area contributed by atoms with E-state index in [4.69, 9.17) is 14.7 Å². The number of carbonyl (C=O) groups is 3. The number of aliphatic carboxylic acids is 1. The number of hydrogen-bond donors (Lipinski definition) is 2. The van der Waals surface area contributed by atoms with Crippen molar-refractivity contribution in [2.24, 2.45) is 5.92 Å². The third-order valence-electron chi connectivity index (χ3n) is 6.73. The first-order chi connectivity index (χ1) is 16.4. The lowest BCUT2D eigenvalue weighted by atomic mass is 9.82. The van der Waals surface area contributed by atoms with Crippen LogP contribution in [0.25, 0.3) is 11.1 Å². The van der Waals surface area contributed by atoms with Crippen molar-refractivity contribution in [3.63, 3.8) is 0 Å². The Morgan fingerprint density at radius 2 is 1.62 bits per heavy atom. The molecular weight excluding hydrogens is 436 g/mol. The van der Waals surface area contributed by atoms with Crippen molar-refractivity contribution >= 4 is 18.0 Å². The molecule has 34 heavy (non-hydrogen) atoms. The Balaban J connectivity index is 1.34. The Labute approximate surface area is 198 Å². The summed E-state index contributed by atoms with van der Waals surface area (Å²) in [6, 6.07) is 16.2. The molecule has 2 aromatic carbocycles. The number of alkyl carbamates (subject to hydrolysis) is 1. The molecule has 0 aromatic heterocycles. The highest BCUT2D eigenvalue weighted by atomic mass is 16.7. The standard InChI is InChI=1S/C26H30N2O6/c1-28(34-16-25(30)31)24(29)14-17-8-2-7-13-23(17)27-26(32)33-15-22-20-11-5-3-9-18(20)19-10-4-6-12-21(19)22/h3-6,9-12,17,22-23H,2,7-8,13-16H2,1H3,(H,27,32)(H,30,31)/t17-,23-/m0/s1. The van der Waals surface area contributed by atoms with Crippen LogP contribution in [0.1, 0.15) is 49.1 Å². The first-order valence-corrected chi connectivity index (χ1v) is 11.7. The second-order valence-corrected chi connectivity index (χ2v) is 8.88. The fourth-order valence-electron chi connectivity index (χ4n) is 5.01. The number of nitrogens with zero attached hydrogens (tertiary/aromatic N) is 1. The highest BCUT2D eigenvalue weighted by molar-refractivity contribution is 5.79. The molecule has 2 amide bonds. The summed E-state index contributed by atoms with van der Waals surface area (Å²) in [5, 5.41) is 12.7. The molecule has 8 nitrogen and oxygen atoms in total. The minimum Gasteiger partial charge on any atom is -0.479 e. The average molecular weight is 467 g/mol. The summed E-state index contributed by atoms with van der Waals surface area (Å²) in [6.07, 6.45) is 3.19. The smallest absolute Gasteiger partial charge is 0.407 e. The van der Waals surface area contributed by atoms with Crippen molar-refractivity contribution in [2.75, 3.05) is 20.3 Å². The second kappa shape index (κ2) is 10.7. The number of fused-ring (bicyclic) bond motifs is 3. The maximum absolute atomic E-state index is 12.7. The van der Waals surface area contributed by atoms with E-state index in [0.29, 0.717) is 0 Å². The fraction of sp³-hybridized carbons (Fsp3) is 0.423. The van der Waals surface area contributed by atoms with E-state index in [1.807, 2.05) is 24.3 Å². The van der Waals surface area contributed by atoms with Crippen LogP contribution in [0.15, 0.2) is 48.5 Å². The molecule has 1 fully saturated rings. The van der Waals surface area contributed by atoms with Gasteiger partial charge in [-0.15, -0.1) is 0 Å². The zero-order chi connectivity index (χ0) is 24.1. The third-order valence-corrected chi connectivity index (χ3v) is 6.73. The number of rotatable bonds is 8. The van der Waals surface area contributed by atoms with Gasteiger partial charge in [-0.1, -0.05) is 61.4 Å². The van der Waals surface area contributed by atoms with Gasteiger partial charge in [-0.3, -0.25) is 9.63 Å². The van der Waals surface area contributed by atoms with Crippen LogP contribution in [-0.4, -0.2) is 54.4 Å². The molecule has 0 bridgehead atoms. The largest absolute Gasteiger partial charge is 0.479 e. The Morgan fingerprint density at radius 3 is 2.26 bits per heavy atom. The molecule has 0 heterocycles. The summed E-state index contributed by atoms with van der Waals surface area (Å²) in [4.78, 5) is 40.8. The van der Waals surface area contributed by atoms with E-state index in [9.17, 15) is 14.4 Å². The monoisotopic (exact) mass is 466 g/mol. The minimum absolute atomic E-state index is 0.0121. The molecule has 4 rings (SSSR count). The molecule has 0 saturated heterocycles. The molecule has 2 atom stereocenters. The average Bonchev–Trinajstić information content (AvgIpc) is 3.16. The van der Waals surface area contributed by atoms with Crippen LogP contribution < -0.4 is 5.32 Å². The molecule has 0 unspecified atom stereocenters. The van der Waals surface area contributed by atoms with Crippen LogP contribution in [0.4, 0.5) is 4.79 Å². The lowest BCUT2D eigenvalue weighted by Crippen LogP contribution is -2.44. The summed E-state index contributed by atoms with van der Waals surface area (Å²) in [5.41, 5.74) is 4.66. The van der Waals surface area contributed by atoms with Crippen molar-refractivity contribution in [1.29, 1.82) is 0 Å². The van der Waals surface area contributed by atoms with Gasteiger partial charge in [-0.05, 0) is 41.0 Å². The van der Waals surface area contributed by atoms with Crippen LogP contribution in [0, 0.1) is 5.92 Å². The molecule has 0 spiro atoms. The highest BCUT2D eigenvalue weighted by Gasteiger charge is 2.32. The van der Waals surface area contributed by atoms with Gasteiger partial charge in [0.1, 0.15) is 6.61 Å². The molecular formula is C26H30N2O6. The Bertz CT molecular complexity index is 1010. The van der Waals surface area contributed by atoms with Crippen LogP contribution in [0.2, 0.25) is 0 Å². The summed E-state index contributed by atoms with van der Waals surface area (Å²) >= 11 is 0. The predicted octanol–water partition coefficient (Wildman–Crippen LogP) is 3.95. The van der Waals surface area contributed by atoms with Gasteiger partial charge in [0.2, 0.25) is 5.91 Å². The minimum atomic E-state index is -1.15. The number of benzene rings is 2. The van der Waals surface area contributed by atoms with Gasteiger partial charge in [-0.2, -0.15) is 0 Å². The maximum Gasteiger partial charge on any atom is 0.407 e. The quantitative estimate of drug-likeness (QED) is 0.571. The van der Waals surface area contributed by atoms with Crippen molar-refractivity contribution in [1.82, 2.24) is 10.4 Å². The van der Waals surface area contributed by atoms with E-state index in [1.165, 1.54) is 18.2 Å². The number of hydrogen-bond acceptors (Lipinski definition) is 5. The summed E-state index contributed by atoms with van der Waals surface area (Å²) in [6.45, 7) is -0.337. The van der Waals surface area contributed by atoms with Crippen LogP contribution in [0.3, 0.4) is 0 Å². The Hall–Kier alpha value is -3.39. The van der Waals surface area contributed by atoms with Crippen LogP contribution in [0.5, 0.6) is 0 Å². The number of ether oxygens (including phenoxy) is 1. The molecule has 2 aliphatic rings. The fourth-order valence-corrected chi connectivity index (χ4v) is 5.01. The predicted molar refractivity (Wildman–Crippen MR) is 125 cm³/mol. The van der Waals surface area contributed by atoms with E-state index in [1.54, 1.807) is 0 Å². The van der Waals surface area contributed by atoms with E-state index in [0.717, 1.165) is 41.9 Å². The number of carboxylic acid groups (broad SMARTS) is 1. The molecule has 180 valence electrons. The first-order valence-electron chi connectivity index (χ1n) is 11.7. The SMILES string of the molecule is CN(OCC(=O)O)C(=O)C[C@@H]1CCCC[C@@H]1NC(=O)OCC1c2ccccc2-c2ccccc21. The molecule has 2 aromatic rings. The van der Waals surface area contributed by atoms with Crippen molar-refractivity contribution < 1.29 is 29.1 Å². The zero-order valence-corrected chi connectivity index (χ0v) is 19.2. The van der Waals surface area contributed by atoms with Crippen LogP contribution >= 0.6 is 0 Å². The third kappa shape index (κ3) is 5.39. The van der Waals surface area contributed by atoms with Gasteiger partial charge in [-0.25, -0.2) is 14.7 Å². The lowest BCUT2D eigenvalue weighted by Gasteiger charge is -2.32. The molecule has 8 heteroatoms. The van der Waals surface area contributed by atoms with Gasteiger partial charge in [0.25, 0.3) is 0 Å². The van der Waals surface area contributed by atoms with Gasteiger partial charge in [0.05, 0.1) is 0 Å². The van der Waals surface area contributed by atoms with Gasteiger partial charge < -0.3 is 15.2 Å². The van der Waals surface area contributed by atoms with E-state index >= 15 is 0 Å². The van der Waals surface area contributed by atoms with Gasteiger partial charge >= 0.3 is 12.1 Å². The first kappa shape index (κ1) is 23.8. The molecule has 2 N–H and O–H groups in total. The van der Waals surface area contributed by atoms with Crippen LogP contribution in [-0.2, 0) is 19.2 Å². The molecule has 0 aliphatic heterocycles. The lowest BCUT2D eigenvalue weighted by molar-refractivity contribution is -0.186. The zero-order valence-electron chi connectivity index (χ0n) is 19.2. The number of amides is 2. The number of carbonyl (C=O) groups excluding carboxylic acids is 2. The summed E-state index contributed by atoms with van der Waals surface area (Å²) in [7, 11) is 1.40. The van der Waals surface area contributed by atoms with Crippen molar-refractivity contribution in [3.8, 4) is 11.1 Å². The van der Waals surface area contributed by atoms with Crippen molar-refractivity contribution in [3.05, 3.63) is 59.7 Å². The normalized spacial score (nSPS) is 19.1. The Kier molecular flexibility index (Phi) is 7.47. The second-order valence-electron chi connectivity index (χ2n) is 8.88. The molecule has 2 aliphatic carbocycles. The van der Waals surface area contributed by atoms with E-state index in [2.05, 4.69) is 29.6 Å². The number of carboxylic acids is 1. The van der Waals surface area contributed by atoms with Gasteiger partial charge in [0.15, 0.2) is 6.61 Å². The highest BCUT2D eigenvalue weighted by Crippen LogP contribution is 2.44. The summed E-state index contributed by atoms with van der Waals surface area (Å²) < 4.78 is 5.67. The molecule has 1 saturated carbocycles. The maximum atomic E-state index is 12.7. The Morgan fingerprint density at radius 1 is 1.00 bits per heavy atom. The molecule has 0 radical (unpaired) electrons. The summed E-state index contributed by atoms with van der Waals surface area (Å²) in [5.74, 6) is -1.53. The topological polar surface area (TPSA) is 105 Å². The number of nitrogens with one attached hydrogen (secondary N) is 1. The number of hydroxylamine groups is 2.